The standard InChI is InChI=1S/C12H17NO3S/c1-12(2)7-6-8-4-5-9(15-3)11(17(13)14)10(8)16-12/h4-5H,6-7,13H2,1-3H3. The minimum absolute atomic E-state index is 0.256. The maximum absolute atomic E-state index is 11.6. The smallest absolute Gasteiger partial charge is 0.144 e. The van der Waals surface area contributed by atoms with Crippen molar-refractivity contribution in [3.05, 3.63) is 17.7 Å². The first kappa shape index (κ1) is 12.4. The van der Waals surface area contributed by atoms with Gasteiger partial charge in [-0.25, -0.2) is 9.35 Å². The summed E-state index contributed by atoms with van der Waals surface area (Å²) in [5.74, 6) is 1.14. The summed E-state index contributed by atoms with van der Waals surface area (Å²) >= 11 is 0. The number of hydrogen-bond donors (Lipinski definition) is 1. The maximum Gasteiger partial charge on any atom is 0.144 e. The van der Waals surface area contributed by atoms with Crippen molar-refractivity contribution in [2.24, 2.45) is 5.14 Å². The van der Waals surface area contributed by atoms with Crippen molar-refractivity contribution in [2.45, 2.75) is 37.2 Å². The van der Waals surface area contributed by atoms with E-state index >= 15 is 0 Å². The van der Waals surface area contributed by atoms with Gasteiger partial charge in [0.1, 0.15) is 33.0 Å². The first-order valence-corrected chi connectivity index (χ1v) is 6.71. The highest BCUT2D eigenvalue weighted by atomic mass is 32.2. The Balaban J connectivity index is 2.59. The third-order valence-corrected chi connectivity index (χ3v) is 3.74. The Morgan fingerprint density at radius 3 is 2.76 bits per heavy atom. The lowest BCUT2D eigenvalue weighted by Crippen LogP contribution is -2.33. The third-order valence-electron chi connectivity index (χ3n) is 2.95. The van der Waals surface area contributed by atoms with Crippen LogP contribution in [0.2, 0.25) is 0 Å². The predicted molar refractivity (Wildman–Crippen MR) is 66.6 cm³/mol. The fraction of sp³-hybridized carbons (Fsp3) is 0.500. The number of rotatable bonds is 2. The van der Waals surface area contributed by atoms with E-state index in [-0.39, 0.29) is 5.60 Å². The molecule has 1 aliphatic rings. The number of methoxy groups -OCH3 is 1. The average Bonchev–Trinajstić information content (AvgIpc) is 2.25. The highest BCUT2D eigenvalue weighted by molar-refractivity contribution is 7.83. The van der Waals surface area contributed by atoms with Gasteiger partial charge in [-0.2, -0.15) is 0 Å². The summed E-state index contributed by atoms with van der Waals surface area (Å²) in [4.78, 5) is 0.456. The Hall–Kier alpha value is -1.07. The van der Waals surface area contributed by atoms with Crippen LogP contribution in [0.5, 0.6) is 11.5 Å². The third kappa shape index (κ3) is 2.30. The van der Waals surface area contributed by atoms with Crippen LogP contribution in [0.1, 0.15) is 25.8 Å². The normalized spacial score (nSPS) is 19.1. The van der Waals surface area contributed by atoms with Crippen LogP contribution in [0.4, 0.5) is 0 Å². The largest absolute Gasteiger partial charge is 0.495 e. The number of benzene rings is 1. The lowest BCUT2D eigenvalue weighted by molar-refractivity contribution is 0.0801. The highest BCUT2D eigenvalue weighted by Gasteiger charge is 2.30. The van der Waals surface area contributed by atoms with Gasteiger partial charge in [0.15, 0.2) is 0 Å². The molecular weight excluding hydrogens is 238 g/mol. The fourth-order valence-corrected chi connectivity index (χ4v) is 2.71. The van der Waals surface area contributed by atoms with Gasteiger partial charge >= 0.3 is 0 Å². The number of ether oxygens (including phenoxy) is 2. The Bertz CT molecular complexity index is 471. The molecule has 1 aromatic carbocycles. The Kier molecular flexibility index (Phi) is 3.14. The molecule has 0 saturated carbocycles. The van der Waals surface area contributed by atoms with Crippen LogP contribution >= 0.6 is 0 Å². The molecule has 94 valence electrons. The molecule has 0 aromatic heterocycles. The molecule has 0 amide bonds. The lowest BCUT2D eigenvalue weighted by Gasteiger charge is -2.33. The molecule has 1 atom stereocenters. The molecule has 0 spiro atoms. The Morgan fingerprint density at radius 2 is 2.18 bits per heavy atom. The molecule has 0 bridgehead atoms. The van der Waals surface area contributed by atoms with Crippen molar-refractivity contribution in [3.63, 3.8) is 0 Å². The summed E-state index contributed by atoms with van der Waals surface area (Å²) in [6.45, 7) is 4.03. The fourth-order valence-electron chi connectivity index (χ4n) is 2.01. The van der Waals surface area contributed by atoms with E-state index in [1.165, 1.54) is 7.11 Å². The van der Waals surface area contributed by atoms with E-state index < -0.39 is 11.0 Å². The minimum Gasteiger partial charge on any atom is -0.495 e. The quantitative estimate of drug-likeness (QED) is 0.876. The van der Waals surface area contributed by atoms with Gasteiger partial charge in [-0.1, -0.05) is 6.07 Å². The van der Waals surface area contributed by atoms with Crippen LogP contribution in [0.3, 0.4) is 0 Å². The number of fused-ring (bicyclic) bond motifs is 1. The van der Waals surface area contributed by atoms with Gasteiger partial charge in [0.05, 0.1) is 7.11 Å². The van der Waals surface area contributed by atoms with Gasteiger partial charge in [0, 0.05) is 0 Å². The SMILES string of the molecule is COc1ccc2c(c1S(N)=O)OC(C)(C)CC2. The molecule has 0 fully saturated rings. The lowest BCUT2D eigenvalue weighted by atomic mass is 9.94. The number of aryl methyl sites for hydroxylation is 1. The van der Waals surface area contributed by atoms with Crippen LogP contribution in [0.25, 0.3) is 0 Å². The zero-order valence-electron chi connectivity index (χ0n) is 10.3. The van der Waals surface area contributed by atoms with Crippen LogP contribution < -0.4 is 14.6 Å². The van der Waals surface area contributed by atoms with Crippen molar-refractivity contribution in [1.29, 1.82) is 0 Å². The minimum atomic E-state index is -1.61. The number of hydrogen-bond acceptors (Lipinski definition) is 3. The van der Waals surface area contributed by atoms with Crippen molar-refractivity contribution in [1.82, 2.24) is 0 Å². The van der Waals surface area contributed by atoms with E-state index in [0.717, 1.165) is 18.4 Å². The monoisotopic (exact) mass is 255 g/mol. The summed E-state index contributed by atoms with van der Waals surface area (Å²) in [7, 11) is -0.0792. The van der Waals surface area contributed by atoms with Crippen LogP contribution in [-0.2, 0) is 17.4 Å². The van der Waals surface area contributed by atoms with Crippen molar-refractivity contribution < 1.29 is 13.7 Å². The molecule has 17 heavy (non-hydrogen) atoms. The molecular formula is C12H17NO3S. The van der Waals surface area contributed by atoms with Crippen LogP contribution in [0.15, 0.2) is 17.0 Å². The molecule has 0 aliphatic carbocycles. The van der Waals surface area contributed by atoms with Gasteiger partial charge in [0.2, 0.25) is 0 Å². The van der Waals surface area contributed by atoms with E-state index in [0.29, 0.717) is 16.4 Å². The molecule has 4 nitrogen and oxygen atoms in total. The van der Waals surface area contributed by atoms with Crippen molar-refractivity contribution in [3.8, 4) is 11.5 Å². The van der Waals surface area contributed by atoms with Gasteiger partial charge in [-0.15, -0.1) is 0 Å². The molecule has 2 rings (SSSR count). The van der Waals surface area contributed by atoms with Crippen molar-refractivity contribution >= 4 is 11.0 Å². The Morgan fingerprint density at radius 1 is 1.47 bits per heavy atom. The summed E-state index contributed by atoms with van der Waals surface area (Å²) in [6.07, 6.45) is 1.83. The molecule has 0 radical (unpaired) electrons. The zero-order valence-corrected chi connectivity index (χ0v) is 11.1. The average molecular weight is 255 g/mol. The first-order chi connectivity index (χ1) is 7.94. The molecule has 1 heterocycles. The topological polar surface area (TPSA) is 61.5 Å². The second-order valence-electron chi connectivity index (χ2n) is 4.74. The van der Waals surface area contributed by atoms with E-state index in [1.807, 2.05) is 19.9 Å². The summed E-state index contributed by atoms with van der Waals surface area (Å²) in [6, 6.07) is 3.74. The second-order valence-corrected chi connectivity index (χ2v) is 5.75. The van der Waals surface area contributed by atoms with Gasteiger partial charge in [0.25, 0.3) is 0 Å². The molecule has 5 heteroatoms. The number of nitrogens with two attached hydrogens (primary N) is 1. The van der Waals surface area contributed by atoms with Gasteiger partial charge in [-0.3, -0.25) is 0 Å². The summed E-state index contributed by atoms with van der Waals surface area (Å²) in [5.41, 5.74) is 0.784. The zero-order chi connectivity index (χ0) is 12.6. The van der Waals surface area contributed by atoms with Gasteiger partial charge < -0.3 is 9.47 Å². The molecule has 1 unspecified atom stereocenters. The molecule has 0 saturated heterocycles. The van der Waals surface area contributed by atoms with E-state index in [1.54, 1.807) is 6.07 Å². The molecule has 2 N–H and O–H groups in total. The van der Waals surface area contributed by atoms with E-state index in [2.05, 4.69) is 0 Å². The maximum atomic E-state index is 11.6. The molecule has 1 aromatic rings. The van der Waals surface area contributed by atoms with Crippen molar-refractivity contribution in [2.75, 3.05) is 7.11 Å². The highest BCUT2D eigenvalue weighted by Crippen LogP contribution is 2.41. The predicted octanol–water partition coefficient (Wildman–Crippen LogP) is 1.78. The molecule has 1 aliphatic heterocycles. The summed E-state index contributed by atoms with van der Waals surface area (Å²) in [5, 5.41) is 5.51. The van der Waals surface area contributed by atoms with Crippen LogP contribution in [0, 0.1) is 0 Å². The Labute approximate surface area is 104 Å². The van der Waals surface area contributed by atoms with E-state index in [4.69, 9.17) is 14.6 Å². The summed E-state index contributed by atoms with van der Waals surface area (Å²) < 4.78 is 22.7. The first-order valence-electron chi connectivity index (χ1n) is 5.49. The van der Waals surface area contributed by atoms with E-state index in [9.17, 15) is 4.21 Å². The van der Waals surface area contributed by atoms with Gasteiger partial charge in [-0.05, 0) is 38.3 Å². The second kappa shape index (κ2) is 4.31. The van der Waals surface area contributed by atoms with Crippen LogP contribution in [-0.4, -0.2) is 16.9 Å².